The zero-order valence-corrected chi connectivity index (χ0v) is 7.82. The Morgan fingerprint density at radius 1 is 1.31 bits per heavy atom. The molecule has 1 saturated heterocycles. The molecule has 2 rings (SSSR count). The van der Waals surface area contributed by atoms with Crippen LogP contribution in [0.5, 0.6) is 0 Å². The number of piperidine rings is 1. The maximum absolute atomic E-state index is 4.08. The molecule has 1 aliphatic rings. The maximum atomic E-state index is 4.08. The molecule has 4 nitrogen and oxygen atoms in total. The Hall–Kier alpha value is -0.900. The topological polar surface area (TPSA) is 42.7 Å². The minimum absolute atomic E-state index is 0.680. The molecule has 13 heavy (non-hydrogen) atoms. The molecule has 0 amide bonds. The van der Waals surface area contributed by atoms with E-state index in [1.807, 2.05) is 0 Å². The smallest absolute Gasteiger partial charge is 0.0693 e. The van der Waals surface area contributed by atoms with Gasteiger partial charge in [-0.1, -0.05) is 6.42 Å². The maximum Gasteiger partial charge on any atom is 0.0693 e. The fraction of sp³-hybridized carbons (Fsp3) is 0.778. The molecule has 2 heterocycles. The van der Waals surface area contributed by atoms with Crippen LogP contribution in [0.2, 0.25) is 0 Å². The predicted molar refractivity (Wildman–Crippen MR) is 50.3 cm³/mol. The van der Waals surface area contributed by atoms with Crippen molar-refractivity contribution in [3.63, 3.8) is 0 Å². The van der Waals surface area contributed by atoms with E-state index in [1.54, 1.807) is 17.2 Å². The van der Waals surface area contributed by atoms with Gasteiger partial charge in [-0.3, -0.25) is 0 Å². The molecule has 1 atom stereocenters. The van der Waals surface area contributed by atoms with E-state index in [2.05, 4.69) is 15.5 Å². The van der Waals surface area contributed by atoms with Gasteiger partial charge in [-0.15, -0.1) is 0 Å². The van der Waals surface area contributed by atoms with Gasteiger partial charge in [-0.05, 0) is 25.8 Å². The molecule has 72 valence electrons. The highest BCUT2D eigenvalue weighted by Crippen LogP contribution is 2.10. The van der Waals surface area contributed by atoms with E-state index in [9.17, 15) is 0 Å². The lowest BCUT2D eigenvalue weighted by molar-refractivity contribution is 0.351. The average molecular weight is 180 g/mol. The summed E-state index contributed by atoms with van der Waals surface area (Å²) in [5.74, 6) is 0. The molecule has 0 spiro atoms. The van der Waals surface area contributed by atoms with E-state index >= 15 is 0 Å². The van der Waals surface area contributed by atoms with Gasteiger partial charge in [-0.2, -0.15) is 15.0 Å². The van der Waals surface area contributed by atoms with Crippen LogP contribution in [0.4, 0.5) is 0 Å². The van der Waals surface area contributed by atoms with Crippen molar-refractivity contribution < 1.29 is 0 Å². The van der Waals surface area contributed by atoms with Gasteiger partial charge < -0.3 is 5.32 Å². The summed E-state index contributed by atoms with van der Waals surface area (Å²) in [5, 5.41) is 11.7. The van der Waals surface area contributed by atoms with Crippen LogP contribution >= 0.6 is 0 Å². The molecule has 1 aromatic heterocycles. The largest absolute Gasteiger partial charge is 0.314 e. The summed E-state index contributed by atoms with van der Waals surface area (Å²) in [6.45, 7) is 2.11. The quantitative estimate of drug-likeness (QED) is 0.748. The Labute approximate surface area is 78.3 Å². The fourth-order valence-electron chi connectivity index (χ4n) is 1.80. The van der Waals surface area contributed by atoms with Gasteiger partial charge in [-0.25, -0.2) is 0 Å². The number of rotatable bonds is 3. The first-order valence-electron chi connectivity index (χ1n) is 5.02. The van der Waals surface area contributed by atoms with Gasteiger partial charge in [0.05, 0.1) is 18.9 Å². The number of aryl methyl sites for hydroxylation is 1. The minimum Gasteiger partial charge on any atom is -0.314 e. The molecule has 0 aromatic carbocycles. The third kappa shape index (κ3) is 2.52. The minimum atomic E-state index is 0.680. The number of hydrogen-bond donors (Lipinski definition) is 1. The van der Waals surface area contributed by atoms with Crippen molar-refractivity contribution in [1.82, 2.24) is 20.3 Å². The molecule has 0 unspecified atom stereocenters. The summed E-state index contributed by atoms with van der Waals surface area (Å²) in [6, 6.07) is 0.680. The summed E-state index contributed by atoms with van der Waals surface area (Å²) in [6.07, 6.45) is 8.61. The summed E-state index contributed by atoms with van der Waals surface area (Å²) < 4.78 is 0. The van der Waals surface area contributed by atoms with Crippen molar-refractivity contribution in [2.45, 2.75) is 38.3 Å². The van der Waals surface area contributed by atoms with E-state index in [-0.39, 0.29) is 0 Å². The van der Waals surface area contributed by atoms with Crippen LogP contribution in [-0.2, 0) is 6.54 Å². The number of aromatic nitrogens is 3. The summed E-state index contributed by atoms with van der Waals surface area (Å²) in [4.78, 5) is 1.76. The molecule has 0 saturated carbocycles. The molecule has 1 aliphatic heterocycles. The van der Waals surface area contributed by atoms with Crippen molar-refractivity contribution in [1.29, 1.82) is 0 Å². The van der Waals surface area contributed by atoms with Crippen LogP contribution in [0.3, 0.4) is 0 Å². The van der Waals surface area contributed by atoms with E-state index in [0.29, 0.717) is 6.04 Å². The van der Waals surface area contributed by atoms with Crippen LogP contribution in [0.15, 0.2) is 12.4 Å². The third-order valence-electron chi connectivity index (χ3n) is 2.56. The molecule has 1 aromatic rings. The first-order valence-corrected chi connectivity index (χ1v) is 5.02. The molecular formula is C9H16N4. The van der Waals surface area contributed by atoms with Gasteiger partial charge in [0.25, 0.3) is 0 Å². The SMILES string of the molecule is c1cnn(CC[C@H]2CCCCN2)n1. The number of hydrogen-bond acceptors (Lipinski definition) is 3. The van der Waals surface area contributed by atoms with Crippen molar-refractivity contribution in [3.05, 3.63) is 12.4 Å². The van der Waals surface area contributed by atoms with Crippen LogP contribution in [-0.4, -0.2) is 27.6 Å². The highest BCUT2D eigenvalue weighted by atomic mass is 15.5. The Morgan fingerprint density at radius 2 is 2.15 bits per heavy atom. The molecule has 0 radical (unpaired) electrons. The Morgan fingerprint density at radius 3 is 2.85 bits per heavy atom. The summed E-state index contributed by atoms with van der Waals surface area (Å²) >= 11 is 0. The van der Waals surface area contributed by atoms with Crippen molar-refractivity contribution in [2.24, 2.45) is 0 Å². The monoisotopic (exact) mass is 180 g/mol. The standard InChI is InChI=1S/C9H16N4/c1-2-5-10-9(3-1)4-8-13-11-6-7-12-13/h6-7,9-10H,1-5,8H2/t9-/m1/s1. The Bertz CT molecular complexity index is 226. The van der Waals surface area contributed by atoms with E-state index in [1.165, 1.54) is 25.8 Å². The molecule has 1 N–H and O–H groups in total. The fourth-order valence-corrected chi connectivity index (χ4v) is 1.80. The summed E-state index contributed by atoms with van der Waals surface area (Å²) in [5.41, 5.74) is 0. The molecule has 0 bridgehead atoms. The second-order valence-electron chi connectivity index (χ2n) is 3.56. The second-order valence-corrected chi connectivity index (χ2v) is 3.56. The zero-order valence-electron chi connectivity index (χ0n) is 7.82. The lowest BCUT2D eigenvalue weighted by Gasteiger charge is -2.22. The van der Waals surface area contributed by atoms with Crippen molar-refractivity contribution in [3.8, 4) is 0 Å². The van der Waals surface area contributed by atoms with E-state index in [0.717, 1.165) is 13.0 Å². The van der Waals surface area contributed by atoms with Crippen LogP contribution in [0.25, 0.3) is 0 Å². The van der Waals surface area contributed by atoms with Crippen molar-refractivity contribution >= 4 is 0 Å². The van der Waals surface area contributed by atoms with Gasteiger partial charge in [0, 0.05) is 6.04 Å². The predicted octanol–water partition coefficient (Wildman–Crippen LogP) is 0.810. The normalized spacial score (nSPS) is 23.2. The molecule has 0 aliphatic carbocycles. The highest BCUT2D eigenvalue weighted by Gasteiger charge is 2.11. The lowest BCUT2D eigenvalue weighted by atomic mass is 10.0. The van der Waals surface area contributed by atoms with Crippen LogP contribution in [0, 0.1) is 0 Å². The molecule has 4 heteroatoms. The van der Waals surface area contributed by atoms with Crippen molar-refractivity contribution in [2.75, 3.05) is 6.54 Å². The van der Waals surface area contributed by atoms with E-state index < -0.39 is 0 Å². The van der Waals surface area contributed by atoms with Crippen LogP contribution < -0.4 is 5.32 Å². The molecular weight excluding hydrogens is 164 g/mol. The zero-order chi connectivity index (χ0) is 8.93. The number of nitrogens with zero attached hydrogens (tertiary/aromatic N) is 3. The third-order valence-corrected chi connectivity index (χ3v) is 2.56. The van der Waals surface area contributed by atoms with Gasteiger partial charge in [0.15, 0.2) is 0 Å². The average Bonchev–Trinajstić information content (AvgIpc) is 2.69. The van der Waals surface area contributed by atoms with Gasteiger partial charge in [0.2, 0.25) is 0 Å². The number of nitrogens with one attached hydrogen (secondary N) is 1. The van der Waals surface area contributed by atoms with Crippen LogP contribution in [0.1, 0.15) is 25.7 Å². The summed E-state index contributed by atoms with van der Waals surface area (Å²) in [7, 11) is 0. The van der Waals surface area contributed by atoms with Gasteiger partial charge >= 0.3 is 0 Å². The molecule has 1 fully saturated rings. The lowest BCUT2D eigenvalue weighted by Crippen LogP contribution is -2.34. The Kier molecular flexibility index (Phi) is 2.92. The first-order chi connectivity index (χ1) is 6.45. The Balaban J connectivity index is 1.72. The van der Waals surface area contributed by atoms with Gasteiger partial charge in [0.1, 0.15) is 0 Å². The van der Waals surface area contributed by atoms with E-state index in [4.69, 9.17) is 0 Å². The first kappa shape index (κ1) is 8.69. The second kappa shape index (κ2) is 4.37. The highest BCUT2D eigenvalue weighted by molar-refractivity contribution is 4.71.